The second-order valence-corrected chi connectivity index (χ2v) is 18.5. The van der Waals surface area contributed by atoms with Gasteiger partial charge in [0.1, 0.15) is 23.3 Å². The maximum Gasteiger partial charge on any atom is 0.312 e. The lowest BCUT2D eigenvalue weighted by atomic mass is 9.78. The molecule has 362 valence electrons. The Morgan fingerprint density at radius 1 is 0.879 bits per heavy atom. The molecule has 0 spiro atoms. The van der Waals surface area contributed by atoms with Gasteiger partial charge in [-0.05, 0) is 32.8 Å². The third kappa shape index (κ3) is 12.4. The number of methoxy groups -OCH3 is 1. The molecule has 66 heavy (non-hydrogen) atoms. The molecule has 1 aromatic rings. The number of thioether (sulfide) groups is 1. The molecule has 17 nitrogen and oxygen atoms in total. The first-order valence-electron chi connectivity index (χ1n) is 22.2. The first kappa shape index (κ1) is 53.3. The van der Waals surface area contributed by atoms with Crippen molar-refractivity contribution in [2.24, 2.45) is 23.7 Å². The highest BCUT2D eigenvalue weighted by Crippen LogP contribution is 2.49. The summed E-state index contributed by atoms with van der Waals surface area (Å²) in [6.07, 6.45) is 6.89. The largest absolute Gasteiger partial charge is 0.507 e. The number of ether oxygens (including phenoxy) is 4. The molecular formula is C48H64N2O15S. The van der Waals surface area contributed by atoms with Gasteiger partial charge < -0.3 is 50.0 Å². The maximum absolute atomic E-state index is 14.7. The van der Waals surface area contributed by atoms with Gasteiger partial charge in [0.15, 0.2) is 0 Å². The number of carboxylic acids is 1. The third-order valence-electron chi connectivity index (χ3n) is 12.4. The summed E-state index contributed by atoms with van der Waals surface area (Å²) in [7, 11) is 1.41. The van der Waals surface area contributed by atoms with E-state index in [9.17, 15) is 48.9 Å². The lowest BCUT2D eigenvalue weighted by molar-refractivity contribution is -0.160. The van der Waals surface area contributed by atoms with E-state index < -0.39 is 112 Å². The topological polar surface area (TPSA) is 261 Å². The van der Waals surface area contributed by atoms with E-state index in [1.165, 1.54) is 53.0 Å². The number of unbranched alkanes of at least 4 members (excludes halogenated alkanes) is 4. The van der Waals surface area contributed by atoms with Crippen LogP contribution in [0.1, 0.15) is 130 Å². The molecule has 4 aliphatic rings. The molecule has 5 rings (SSSR count). The molecule has 0 fully saturated rings. The average molecular weight is 941 g/mol. The molecule has 9 unspecified atom stereocenters. The molecule has 18 heteroatoms. The number of phenolic OH excluding ortho intramolecular Hbond substituents is 1. The zero-order valence-corrected chi connectivity index (χ0v) is 39.9. The van der Waals surface area contributed by atoms with Gasteiger partial charge in [-0.15, -0.1) is 11.8 Å². The Balaban J connectivity index is 1.74. The minimum atomic E-state index is -2.13. The first-order chi connectivity index (χ1) is 31.1. The average Bonchev–Trinajstić information content (AvgIpc) is 3.53. The van der Waals surface area contributed by atoms with E-state index in [2.05, 4.69) is 10.6 Å². The standard InChI is InChI=1S/C48H64N2O15S/c1-24-16-15-17-25(2)47(61)50-37-41(58)35-34(42(59)45(37)66-23-21-49-32(52)18-13-11-10-12-14-19-33(53)54)36-44(29(6)40(35)57)65-48(8,46(36)60)63-22-20-31(62-9)26(3)43(64-30(7)51)28(5)39(56)27(4)38(24)55/h15-17,20,22,24,26-28,31,38-39,43,55-57H,10-14,18-19,21,23H2,1-9H3,(H,49,52)(H,50,61)(H,53,54)/b16-15+,22-20+,25-17-. The summed E-state index contributed by atoms with van der Waals surface area (Å²) >= 11 is 0.863. The smallest absolute Gasteiger partial charge is 0.312 e. The van der Waals surface area contributed by atoms with Crippen LogP contribution >= 0.6 is 11.8 Å². The number of hydrogen-bond acceptors (Lipinski definition) is 15. The number of rotatable bonds is 14. The van der Waals surface area contributed by atoms with E-state index in [1.807, 2.05) is 0 Å². The Morgan fingerprint density at radius 3 is 2.17 bits per heavy atom. The number of hydrogen-bond donors (Lipinski definition) is 6. The molecule has 1 aliphatic carbocycles. The minimum absolute atomic E-state index is 0.0447. The quantitative estimate of drug-likeness (QED) is 0.0976. The zero-order valence-electron chi connectivity index (χ0n) is 39.1. The number of aliphatic carboxylic acids is 1. The Kier molecular flexibility index (Phi) is 18.9. The van der Waals surface area contributed by atoms with Gasteiger partial charge in [-0.25, -0.2) is 0 Å². The highest BCUT2D eigenvalue weighted by atomic mass is 32.2. The van der Waals surface area contributed by atoms with E-state index in [4.69, 9.17) is 24.1 Å². The summed E-state index contributed by atoms with van der Waals surface area (Å²) in [4.78, 5) is 92.9. The summed E-state index contributed by atoms with van der Waals surface area (Å²) in [6, 6.07) is 0. The fourth-order valence-electron chi connectivity index (χ4n) is 8.33. The fourth-order valence-corrected chi connectivity index (χ4v) is 9.26. The molecule has 1 aromatic carbocycles. The number of carboxylic acid groups (broad SMARTS) is 1. The number of amides is 2. The van der Waals surface area contributed by atoms with E-state index in [0.29, 0.717) is 12.8 Å². The van der Waals surface area contributed by atoms with Gasteiger partial charge in [-0.3, -0.25) is 33.6 Å². The van der Waals surface area contributed by atoms with Crippen molar-refractivity contribution in [3.8, 4) is 11.5 Å². The number of benzene rings is 1. The van der Waals surface area contributed by atoms with Gasteiger partial charge in [0.25, 0.3) is 11.7 Å². The number of fused-ring (bicyclic) bond motifs is 14. The normalized spacial score (nSPS) is 29.0. The van der Waals surface area contributed by atoms with Crippen LogP contribution < -0.4 is 15.4 Å². The van der Waals surface area contributed by atoms with Gasteiger partial charge in [0.2, 0.25) is 17.5 Å². The molecule has 0 radical (unpaired) electrons. The van der Waals surface area contributed by atoms with Crippen LogP contribution in [0.25, 0.3) is 0 Å². The van der Waals surface area contributed by atoms with Crippen molar-refractivity contribution < 1.29 is 72.9 Å². The monoisotopic (exact) mass is 940 g/mol. The van der Waals surface area contributed by atoms with Crippen molar-refractivity contribution in [1.29, 1.82) is 0 Å². The number of ketones is 3. The van der Waals surface area contributed by atoms with Crippen molar-refractivity contribution in [2.75, 3.05) is 19.4 Å². The lowest BCUT2D eigenvalue weighted by Gasteiger charge is -2.38. The number of aliphatic hydroxyl groups is 2. The van der Waals surface area contributed by atoms with E-state index in [-0.39, 0.29) is 58.4 Å². The first-order valence-corrected chi connectivity index (χ1v) is 23.2. The Hall–Kier alpha value is -5.30. The summed E-state index contributed by atoms with van der Waals surface area (Å²) in [5.41, 5.74) is -1.68. The molecule has 3 aliphatic heterocycles. The molecular weight excluding hydrogens is 877 g/mol. The molecule has 0 aromatic heterocycles. The second kappa shape index (κ2) is 23.4. The maximum atomic E-state index is 14.7. The SMILES string of the molecule is COC1/C=C/OC2(C)Oc3c(C)c(O)c4c(c3C2=O)C(=O)C(SCCNC(=O)CCCCCCCC(=O)O)=C(NC(=O)/C(C)=C\C=C\C(C)C(O)C(C)C(O)C(C)C(OC(C)=O)C1C)C4=O. The third-order valence-corrected chi connectivity index (χ3v) is 13.5. The van der Waals surface area contributed by atoms with Crippen LogP contribution in [0.5, 0.6) is 11.5 Å². The molecule has 9 atom stereocenters. The van der Waals surface area contributed by atoms with Gasteiger partial charge in [-0.2, -0.15) is 0 Å². The van der Waals surface area contributed by atoms with Gasteiger partial charge >= 0.3 is 17.7 Å². The zero-order chi connectivity index (χ0) is 49.2. The summed E-state index contributed by atoms with van der Waals surface area (Å²) < 4.78 is 23.5. The van der Waals surface area contributed by atoms with Gasteiger partial charge in [0, 0.05) is 80.9 Å². The fraction of sp³-hybridized carbons (Fsp3) is 0.562. The number of nitrogens with one attached hydrogen (secondary N) is 2. The van der Waals surface area contributed by atoms with Crippen LogP contribution in [-0.2, 0) is 33.4 Å². The van der Waals surface area contributed by atoms with Crippen molar-refractivity contribution in [3.05, 3.63) is 69.0 Å². The summed E-state index contributed by atoms with van der Waals surface area (Å²) in [6.45, 7) is 12.2. The second-order valence-electron chi connectivity index (χ2n) is 17.4. The molecule has 6 N–H and O–H groups in total. The number of carbonyl (C=O) groups excluding carboxylic acids is 6. The number of esters is 1. The van der Waals surface area contributed by atoms with Crippen LogP contribution in [0.15, 0.2) is 46.7 Å². The Morgan fingerprint density at radius 2 is 1.53 bits per heavy atom. The van der Waals surface area contributed by atoms with Crippen molar-refractivity contribution in [3.63, 3.8) is 0 Å². The number of Topliss-reactive ketones (excluding diaryl/α,β-unsaturated/α-hetero) is 3. The summed E-state index contributed by atoms with van der Waals surface area (Å²) in [5, 5.41) is 48.6. The van der Waals surface area contributed by atoms with Gasteiger partial charge in [-0.1, -0.05) is 65.2 Å². The Bertz CT molecular complexity index is 2180. The molecule has 5 bridgehead atoms. The van der Waals surface area contributed by atoms with Crippen LogP contribution in [0.3, 0.4) is 0 Å². The van der Waals surface area contributed by atoms with Crippen LogP contribution in [0.2, 0.25) is 0 Å². The van der Waals surface area contributed by atoms with Crippen LogP contribution in [0.4, 0.5) is 0 Å². The minimum Gasteiger partial charge on any atom is -0.507 e. The number of carbonyl (C=O) groups is 7. The molecule has 3 heterocycles. The summed E-state index contributed by atoms with van der Waals surface area (Å²) in [5.74, 6) is -10.7. The van der Waals surface area contributed by atoms with Crippen molar-refractivity contribution in [1.82, 2.24) is 10.6 Å². The van der Waals surface area contributed by atoms with Crippen LogP contribution in [0, 0.1) is 30.6 Å². The number of aromatic hydroxyl groups is 1. The highest BCUT2D eigenvalue weighted by molar-refractivity contribution is 8.04. The molecule has 0 saturated carbocycles. The van der Waals surface area contributed by atoms with Gasteiger partial charge in [0.05, 0.1) is 46.2 Å². The van der Waals surface area contributed by atoms with Crippen molar-refractivity contribution >= 4 is 52.9 Å². The number of aliphatic hydroxyl groups excluding tert-OH is 2. The number of phenols is 1. The van der Waals surface area contributed by atoms with E-state index in [1.54, 1.807) is 33.8 Å². The highest BCUT2D eigenvalue weighted by Gasteiger charge is 2.53. The molecule has 0 saturated heterocycles. The van der Waals surface area contributed by atoms with E-state index in [0.717, 1.165) is 37.3 Å². The van der Waals surface area contributed by atoms with Crippen LogP contribution in [-0.4, -0.2) is 111 Å². The predicted molar refractivity (Wildman–Crippen MR) is 244 cm³/mol. The number of allylic oxidation sites excluding steroid dienone is 4. The lowest BCUT2D eigenvalue weighted by Crippen LogP contribution is -2.46. The molecule has 2 amide bonds. The van der Waals surface area contributed by atoms with Crippen molar-refractivity contribution in [2.45, 2.75) is 131 Å². The predicted octanol–water partition coefficient (Wildman–Crippen LogP) is 5.62. The Labute approximate surface area is 389 Å². The van der Waals surface area contributed by atoms with E-state index >= 15 is 0 Å².